The van der Waals surface area contributed by atoms with Crippen LogP contribution in [0.2, 0.25) is 0 Å². The van der Waals surface area contributed by atoms with Gasteiger partial charge in [-0.2, -0.15) is 0 Å². The lowest BCUT2D eigenvalue weighted by Gasteiger charge is -2.15. The van der Waals surface area contributed by atoms with Gasteiger partial charge in [-0.1, -0.05) is 66.7 Å². The van der Waals surface area contributed by atoms with Crippen molar-refractivity contribution in [3.05, 3.63) is 83.9 Å². The van der Waals surface area contributed by atoms with Crippen LogP contribution in [0, 0.1) is 6.92 Å². The third-order valence-electron chi connectivity index (χ3n) is 3.96. The molecule has 0 bridgehead atoms. The van der Waals surface area contributed by atoms with Crippen LogP contribution in [0.15, 0.2) is 72.8 Å². The molecule has 0 saturated carbocycles. The Balaban J connectivity index is 2.27. The number of methoxy groups -OCH3 is 1. The zero-order chi connectivity index (χ0) is 16.2. The van der Waals surface area contributed by atoms with E-state index in [9.17, 15) is 4.79 Å². The van der Waals surface area contributed by atoms with Crippen molar-refractivity contribution < 1.29 is 9.53 Å². The molecule has 3 aromatic rings. The third kappa shape index (κ3) is 2.88. The van der Waals surface area contributed by atoms with Crippen molar-refractivity contribution in [1.82, 2.24) is 0 Å². The van der Waals surface area contributed by atoms with Gasteiger partial charge in [0.1, 0.15) is 0 Å². The van der Waals surface area contributed by atoms with Crippen LogP contribution in [0.1, 0.15) is 15.9 Å². The number of esters is 1. The largest absolute Gasteiger partial charge is 0.465 e. The Labute approximate surface area is 136 Å². The number of hydrogen-bond donors (Lipinski definition) is 0. The summed E-state index contributed by atoms with van der Waals surface area (Å²) >= 11 is 0. The van der Waals surface area contributed by atoms with Crippen molar-refractivity contribution in [2.24, 2.45) is 0 Å². The van der Waals surface area contributed by atoms with Crippen LogP contribution in [0.4, 0.5) is 0 Å². The summed E-state index contributed by atoms with van der Waals surface area (Å²) in [6, 6.07) is 24.0. The van der Waals surface area contributed by atoms with E-state index in [0.717, 1.165) is 22.3 Å². The summed E-state index contributed by atoms with van der Waals surface area (Å²) in [6.07, 6.45) is 0. The van der Waals surface area contributed by atoms with Gasteiger partial charge in [-0.05, 0) is 40.8 Å². The lowest BCUT2D eigenvalue weighted by Crippen LogP contribution is -2.04. The number of aryl methyl sites for hydroxylation is 1. The average molecular weight is 302 g/mol. The van der Waals surface area contributed by atoms with Crippen molar-refractivity contribution in [3.63, 3.8) is 0 Å². The molecular formula is C21H18O2. The molecule has 0 atom stereocenters. The first-order valence-electron chi connectivity index (χ1n) is 7.55. The Kier molecular flexibility index (Phi) is 4.24. The standard InChI is InChI=1S/C21H18O2/c1-15-9-8-14-18(20(15)16-10-4-3-5-11-16)17-12-6-7-13-19(17)21(22)23-2/h3-14H,1-2H3. The van der Waals surface area contributed by atoms with Crippen LogP contribution >= 0.6 is 0 Å². The first kappa shape index (κ1) is 15.0. The van der Waals surface area contributed by atoms with Crippen molar-refractivity contribution in [3.8, 4) is 22.3 Å². The summed E-state index contributed by atoms with van der Waals surface area (Å²) < 4.78 is 4.94. The number of carbonyl (C=O) groups is 1. The van der Waals surface area contributed by atoms with Crippen LogP contribution in [0.25, 0.3) is 22.3 Å². The van der Waals surface area contributed by atoms with Gasteiger partial charge in [0.2, 0.25) is 0 Å². The molecule has 0 fully saturated rings. The molecule has 2 nitrogen and oxygen atoms in total. The fraction of sp³-hybridized carbons (Fsp3) is 0.0952. The zero-order valence-electron chi connectivity index (χ0n) is 13.2. The number of benzene rings is 3. The van der Waals surface area contributed by atoms with Crippen molar-refractivity contribution >= 4 is 5.97 Å². The summed E-state index contributed by atoms with van der Waals surface area (Å²) in [5.41, 5.74) is 5.97. The van der Waals surface area contributed by atoms with Crippen molar-refractivity contribution in [2.45, 2.75) is 6.92 Å². The Morgan fingerprint density at radius 2 is 1.43 bits per heavy atom. The molecule has 0 heterocycles. The van der Waals surface area contributed by atoms with E-state index in [-0.39, 0.29) is 5.97 Å². The number of rotatable bonds is 3. The summed E-state index contributed by atoms with van der Waals surface area (Å²) in [4.78, 5) is 12.1. The van der Waals surface area contributed by atoms with Crippen molar-refractivity contribution in [2.75, 3.05) is 7.11 Å². The normalized spacial score (nSPS) is 10.3. The fourth-order valence-corrected chi connectivity index (χ4v) is 2.89. The van der Waals surface area contributed by atoms with Gasteiger partial charge in [0.05, 0.1) is 12.7 Å². The van der Waals surface area contributed by atoms with Gasteiger partial charge >= 0.3 is 5.97 Å². The summed E-state index contributed by atoms with van der Waals surface area (Å²) in [5, 5.41) is 0. The fourth-order valence-electron chi connectivity index (χ4n) is 2.89. The first-order chi connectivity index (χ1) is 11.2. The van der Waals surface area contributed by atoms with E-state index in [1.807, 2.05) is 42.5 Å². The zero-order valence-corrected chi connectivity index (χ0v) is 13.2. The highest BCUT2D eigenvalue weighted by molar-refractivity contribution is 6.00. The van der Waals surface area contributed by atoms with Gasteiger partial charge in [-0.3, -0.25) is 0 Å². The summed E-state index contributed by atoms with van der Waals surface area (Å²) in [6.45, 7) is 2.09. The maximum absolute atomic E-state index is 12.1. The minimum atomic E-state index is -0.318. The molecule has 0 aliphatic heterocycles. The molecule has 0 aromatic heterocycles. The molecule has 2 heteroatoms. The molecule has 0 aliphatic rings. The molecule has 0 spiro atoms. The predicted molar refractivity (Wildman–Crippen MR) is 93.4 cm³/mol. The summed E-state index contributed by atoms with van der Waals surface area (Å²) in [7, 11) is 1.41. The monoisotopic (exact) mass is 302 g/mol. The molecule has 0 saturated heterocycles. The van der Waals surface area contributed by atoms with Gasteiger partial charge in [0.25, 0.3) is 0 Å². The van der Waals surface area contributed by atoms with Crippen LogP contribution in [-0.2, 0) is 4.74 Å². The first-order valence-corrected chi connectivity index (χ1v) is 7.55. The molecule has 0 amide bonds. The van der Waals surface area contributed by atoms with E-state index in [1.165, 1.54) is 12.7 Å². The molecular weight excluding hydrogens is 284 g/mol. The number of carbonyl (C=O) groups excluding carboxylic acids is 1. The van der Waals surface area contributed by atoms with E-state index in [2.05, 4.69) is 31.2 Å². The molecule has 0 radical (unpaired) electrons. The Hall–Kier alpha value is -2.87. The molecule has 3 aromatic carbocycles. The molecule has 0 unspecified atom stereocenters. The second kappa shape index (κ2) is 6.49. The Bertz CT molecular complexity index is 835. The summed E-state index contributed by atoms with van der Waals surface area (Å²) in [5.74, 6) is -0.318. The lowest BCUT2D eigenvalue weighted by atomic mass is 9.89. The van der Waals surface area contributed by atoms with Crippen LogP contribution in [0.5, 0.6) is 0 Å². The average Bonchev–Trinajstić information content (AvgIpc) is 2.61. The highest BCUT2D eigenvalue weighted by Gasteiger charge is 2.16. The van der Waals surface area contributed by atoms with Gasteiger partial charge in [0, 0.05) is 0 Å². The van der Waals surface area contributed by atoms with Crippen molar-refractivity contribution in [1.29, 1.82) is 0 Å². The third-order valence-corrected chi connectivity index (χ3v) is 3.96. The highest BCUT2D eigenvalue weighted by atomic mass is 16.5. The van der Waals surface area contributed by atoms with Gasteiger partial charge < -0.3 is 4.74 Å². The second-order valence-electron chi connectivity index (χ2n) is 5.40. The van der Waals surface area contributed by atoms with E-state index in [0.29, 0.717) is 5.56 Å². The minimum Gasteiger partial charge on any atom is -0.465 e. The number of hydrogen-bond acceptors (Lipinski definition) is 2. The van der Waals surface area contributed by atoms with E-state index in [4.69, 9.17) is 4.74 Å². The van der Waals surface area contributed by atoms with Crippen LogP contribution < -0.4 is 0 Å². The van der Waals surface area contributed by atoms with Crippen LogP contribution in [-0.4, -0.2) is 13.1 Å². The topological polar surface area (TPSA) is 26.3 Å². The lowest BCUT2D eigenvalue weighted by molar-refractivity contribution is 0.0601. The molecule has 0 N–H and O–H groups in total. The Morgan fingerprint density at radius 3 is 2.17 bits per heavy atom. The molecule has 114 valence electrons. The van der Waals surface area contributed by atoms with Crippen LogP contribution in [0.3, 0.4) is 0 Å². The SMILES string of the molecule is COC(=O)c1ccccc1-c1cccc(C)c1-c1ccccc1. The molecule has 0 aliphatic carbocycles. The quantitative estimate of drug-likeness (QED) is 0.628. The number of ether oxygens (including phenoxy) is 1. The van der Waals surface area contributed by atoms with E-state index >= 15 is 0 Å². The maximum Gasteiger partial charge on any atom is 0.338 e. The van der Waals surface area contributed by atoms with E-state index in [1.54, 1.807) is 6.07 Å². The van der Waals surface area contributed by atoms with Gasteiger partial charge in [-0.15, -0.1) is 0 Å². The molecule has 23 heavy (non-hydrogen) atoms. The van der Waals surface area contributed by atoms with Gasteiger partial charge in [-0.25, -0.2) is 4.79 Å². The maximum atomic E-state index is 12.1. The highest BCUT2D eigenvalue weighted by Crippen LogP contribution is 2.36. The van der Waals surface area contributed by atoms with E-state index < -0.39 is 0 Å². The minimum absolute atomic E-state index is 0.318. The van der Waals surface area contributed by atoms with Gasteiger partial charge in [0.15, 0.2) is 0 Å². The molecule has 3 rings (SSSR count). The Morgan fingerprint density at radius 1 is 0.783 bits per heavy atom. The second-order valence-corrected chi connectivity index (χ2v) is 5.40. The smallest absolute Gasteiger partial charge is 0.338 e. The predicted octanol–water partition coefficient (Wildman–Crippen LogP) is 5.12.